The molecule has 1 aliphatic heterocycles. The van der Waals surface area contributed by atoms with Crippen molar-refractivity contribution in [3.05, 3.63) is 22.8 Å². The maximum Gasteiger partial charge on any atom is 0.147 e. The fourth-order valence-electron chi connectivity index (χ4n) is 2.99. The Morgan fingerprint density at radius 1 is 1.33 bits per heavy atom. The van der Waals surface area contributed by atoms with Crippen molar-refractivity contribution in [2.75, 3.05) is 24.5 Å². The number of halogens is 1. The van der Waals surface area contributed by atoms with Crippen LogP contribution in [0.4, 0.5) is 5.82 Å². The molecule has 2 rings (SSSR count). The third-order valence-corrected chi connectivity index (χ3v) is 4.64. The van der Waals surface area contributed by atoms with Crippen LogP contribution in [0.5, 0.6) is 0 Å². The van der Waals surface area contributed by atoms with Gasteiger partial charge < -0.3 is 10.2 Å². The van der Waals surface area contributed by atoms with Crippen molar-refractivity contribution < 1.29 is 0 Å². The minimum Gasteiger partial charge on any atom is -0.355 e. The molecule has 118 valence electrons. The Hall–Kier alpha value is -0.800. The van der Waals surface area contributed by atoms with Crippen LogP contribution >= 0.6 is 11.6 Å². The highest BCUT2D eigenvalue weighted by Gasteiger charge is 2.18. The molecule has 0 amide bonds. The summed E-state index contributed by atoms with van der Waals surface area (Å²) in [6.45, 7) is 8.51. The first-order valence-corrected chi connectivity index (χ1v) is 8.72. The van der Waals surface area contributed by atoms with Crippen LogP contribution < -0.4 is 10.2 Å². The zero-order valence-electron chi connectivity index (χ0n) is 13.4. The quantitative estimate of drug-likeness (QED) is 0.796. The molecular weight excluding hydrogens is 282 g/mol. The van der Waals surface area contributed by atoms with Gasteiger partial charge in [0, 0.05) is 25.8 Å². The number of pyridine rings is 1. The topological polar surface area (TPSA) is 28.2 Å². The van der Waals surface area contributed by atoms with Gasteiger partial charge in [-0.3, -0.25) is 0 Å². The van der Waals surface area contributed by atoms with Crippen molar-refractivity contribution >= 4 is 17.4 Å². The Morgan fingerprint density at radius 3 is 2.90 bits per heavy atom. The molecule has 1 aromatic heterocycles. The highest BCUT2D eigenvalue weighted by atomic mass is 35.5. The average Bonchev–Trinajstić information content (AvgIpc) is 2.73. The monoisotopic (exact) mass is 309 g/mol. The van der Waals surface area contributed by atoms with Gasteiger partial charge >= 0.3 is 0 Å². The van der Waals surface area contributed by atoms with Crippen LogP contribution in [0, 0.1) is 5.92 Å². The number of hydrogen-bond acceptors (Lipinski definition) is 3. The Kier molecular flexibility index (Phi) is 6.78. The first-order chi connectivity index (χ1) is 10.2. The summed E-state index contributed by atoms with van der Waals surface area (Å²) < 4.78 is 0. The van der Waals surface area contributed by atoms with E-state index in [1.165, 1.54) is 31.2 Å². The van der Waals surface area contributed by atoms with E-state index in [0.717, 1.165) is 49.4 Å². The van der Waals surface area contributed by atoms with E-state index in [-0.39, 0.29) is 0 Å². The van der Waals surface area contributed by atoms with Crippen molar-refractivity contribution in [2.45, 2.75) is 52.5 Å². The first kappa shape index (κ1) is 16.6. The maximum atomic E-state index is 6.47. The second kappa shape index (κ2) is 8.60. The third-order valence-electron chi connectivity index (χ3n) is 4.36. The van der Waals surface area contributed by atoms with Crippen molar-refractivity contribution in [2.24, 2.45) is 5.92 Å². The van der Waals surface area contributed by atoms with Crippen LogP contribution in [-0.2, 0) is 6.54 Å². The maximum absolute atomic E-state index is 6.47. The molecule has 1 N–H and O–H groups in total. The molecule has 0 aromatic carbocycles. The number of aromatic nitrogens is 1. The van der Waals surface area contributed by atoms with Crippen LogP contribution in [0.2, 0.25) is 5.02 Å². The SMILES string of the molecule is CCCNCc1cnc(N2CCCC(CC)CC2)c(Cl)c1. The lowest BCUT2D eigenvalue weighted by Crippen LogP contribution is -2.25. The summed E-state index contributed by atoms with van der Waals surface area (Å²) >= 11 is 6.47. The van der Waals surface area contributed by atoms with E-state index in [1.807, 2.05) is 6.20 Å². The summed E-state index contributed by atoms with van der Waals surface area (Å²) in [7, 11) is 0. The molecular formula is C17H28ClN3. The van der Waals surface area contributed by atoms with E-state index in [0.29, 0.717) is 0 Å². The number of rotatable bonds is 6. The van der Waals surface area contributed by atoms with E-state index in [4.69, 9.17) is 11.6 Å². The summed E-state index contributed by atoms with van der Waals surface area (Å²) in [6, 6.07) is 2.06. The molecule has 1 saturated heterocycles. The molecule has 1 atom stereocenters. The number of nitrogens with one attached hydrogen (secondary N) is 1. The van der Waals surface area contributed by atoms with Gasteiger partial charge in [-0.25, -0.2) is 4.98 Å². The fourth-order valence-corrected chi connectivity index (χ4v) is 3.30. The van der Waals surface area contributed by atoms with E-state index >= 15 is 0 Å². The molecule has 0 spiro atoms. The lowest BCUT2D eigenvalue weighted by atomic mass is 9.98. The molecule has 0 radical (unpaired) electrons. The van der Waals surface area contributed by atoms with Gasteiger partial charge in [0.05, 0.1) is 5.02 Å². The zero-order chi connectivity index (χ0) is 15.1. The molecule has 21 heavy (non-hydrogen) atoms. The summed E-state index contributed by atoms with van der Waals surface area (Å²) in [5.74, 6) is 1.83. The van der Waals surface area contributed by atoms with Gasteiger partial charge in [-0.2, -0.15) is 0 Å². The van der Waals surface area contributed by atoms with Crippen LogP contribution in [0.1, 0.15) is 51.5 Å². The molecule has 2 heterocycles. The van der Waals surface area contributed by atoms with Gasteiger partial charge in [-0.05, 0) is 49.8 Å². The van der Waals surface area contributed by atoms with Crippen molar-refractivity contribution in [3.8, 4) is 0 Å². The van der Waals surface area contributed by atoms with Gasteiger partial charge in [0.1, 0.15) is 5.82 Å². The van der Waals surface area contributed by atoms with Crippen LogP contribution in [-0.4, -0.2) is 24.6 Å². The highest BCUT2D eigenvalue weighted by molar-refractivity contribution is 6.33. The molecule has 3 nitrogen and oxygen atoms in total. The first-order valence-electron chi connectivity index (χ1n) is 8.34. The summed E-state index contributed by atoms with van der Waals surface area (Å²) in [5.41, 5.74) is 1.17. The summed E-state index contributed by atoms with van der Waals surface area (Å²) in [4.78, 5) is 6.99. The molecule has 1 unspecified atom stereocenters. The molecule has 1 aliphatic rings. The average molecular weight is 310 g/mol. The second-order valence-corrected chi connectivity index (χ2v) is 6.43. The molecule has 0 aliphatic carbocycles. The van der Waals surface area contributed by atoms with Gasteiger partial charge in [0.15, 0.2) is 0 Å². The number of hydrogen-bond donors (Lipinski definition) is 1. The van der Waals surface area contributed by atoms with Gasteiger partial charge in [0.25, 0.3) is 0 Å². The van der Waals surface area contributed by atoms with Crippen LogP contribution in [0.3, 0.4) is 0 Å². The van der Waals surface area contributed by atoms with Gasteiger partial charge in [0.2, 0.25) is 0 Å². The largest absolute Gasteiger partial charge is 0.355 e. The smallest absolute Gasteiger partial charge is 0.147 e. The predicted molar refractivity (Wildman–Crippen MR) is 91.1 cm³/mol. The Labute approximate surface area is 134 Å². The van der Waals surface area contributed by atoms with E-state index in [1.54, 1.807) is 0 Å². The predicted octanol–water partition coefficient (Wildman–Crippen LogP) is 4.25. The van der Waals surface area contributed by atoms with Crippen molar-refractivity contribution in [3.63, 3.8) is 0 Å². The Bertz CT molecular complexity index is 436. The number of anilines is 1. The normalized spacial score (nSPS) is 19.6. The van der Waals surface area contributed by atoms with Crippen molar-refractivity contribution in [1.29, 1.82) is 0 Å². The molecule has 1 aromatic rings. The Morgan fingerprint density at radius 2 is 2.19 bits per heavy atom. The van der Waals surface area contributed by atoms with Gasteiger partial charge in [-0.15, -0.1) is 0 Å². The lowest BCUT2D eigenvalue weighted by molar-refractivity contribution is 0.459. The van der Waals surface area contributed by atoms with E-state index in [9.17, 15) is 0 Å². The second-order valence-electron chi connectivity index (χ2n) is 6.02. The molecule has 0 bridgehead atoms. The fraction of sp³-hybridized carbons (Fsp3) is 0.706. The molecule has 1 fully saturated rings. The van der Waals surface area contributed by atoms with Crippen molar-refractivity contribution in [1.82, 2.24) is 10.3 Å². The zero-order valence-corrected chi connectivity index (χ0v) is 14.1. The van der Waals surface area contributed by atoms with E-state index in [2.05, 4.69) is 35.1 Å². The number of nitrogens with zero attached hydrogens (tertiary/aromatic N) is 2. The lowest BCUT2D eigenvalue weighted by Gasteiger charge is -2.23. The summed E-state index contributed by atoms with van der Waals surface area (Å²) in [5, 5.41) is 4.18. The van der Waals surface area contributed by atoms with Gasteiger partial charge in [-0.1, -0.05) is 31.9 Å². The van der Waals surface area contributed by atoms with Crippen LogP contribution in [0.25, 0.3) is 0 Å². The minimum absolute atomic E-state index is 0.792. The third kappa shape index (κ3) is 4.86. The molecule has 4 heteroatoms. The van der Waals surface area contributed by atoms with E-state index < -0.39 is 0 Å². The standard InChI is InChI=1S/C17H28ClN3/c1-3-8-19-12-15-11-16(18)17(20-13-15)21-9-5-6-14(4-2)7-10-21/h11,13-14,19H,3-10,12H2,1-2H3. The van der Waals surface area contributed by atoms with Crippen LogP contribution in [0.15, 0.2) is 12.3 Å². The minimum atomic E-state index is 0.792. The molecule has 0 saturated carbocycles. The Balaban J connectivity index is 1.99. The highest BCUT2D eigenvalue weighted by Crippen LogP contribution is 2.28. The summed E-state index contributed by atoms with van der Waals surface area (Å²) in [6.07, 6.45) is 8.24.